The first-order valence-electron chi connectivity index (χ1n) is 12.6. The van der Waals surface area contributed by atoms with Crippen molar-refractivity contribution in [3.8, 4) is 16.9 Å². The van der Waals surface area contributed by atoms with Gasteiger partial charge < -0.3 is 15.4 Å². The maximum absolute atomic E-state index is 6.32. The number of ether oxygens (including phenoxy) is 1. The second-order valence-corrected chi connectivity index (χ2v) is 9.92. The van der Waals surface area contributed by atoms with Gasteiger partial charge in [-0.05, 0) is 89.2 Å². The van der Waals surface area contributed by atoms with Gasteiger partial charge in [0.15, 0.2) is 0 Å². The first kappa shape index (κ1) is 22.0. The molecule has 0 unspecified atom stereocenters. The Morgan fingerprint density at radius 1 is 0.879 bits per heavy atom. The minimum atomic E-state index is 0.548. The lowest BCUT2D eigenvalue weighted by Crippen LogP contribution is -2.25. The van der Waals surface area contributed by atoms with Gasteiger partial charge in [0.25, 0.3) is 0 Å². The maximum atomic E-state index is 6.32. The second-order valence-electron chi connectivity index (χ2n) is 9.92. The SMILES string of the molecule is CCc1ccccc1OCc1cc(-c2cccc(CN)c2)cc(N2CCC3(CCCC3)C2)c1. The molecule has 3 aromatic carbocycles. The van der Waals surface area contributed by atoms with E-state index < -0.39 is 0 Å². The fourth-order valence-corrected chi connectivity index (χ4v) is 5.77. The summed E-state index contributed by atoms with van der Waals surface area (Å²) >= 11 is 0. The molecular weight excluding hydrogens is 404 g/mol. The molecule has 1 aliphatic heterocycles. The van der Waals surface area contributed by atoms with Crippen molar-refractivity contribution >= 4 is 5.69 Å². The Labute approximate surface area is 198 Å². The summed E-state index contributed by atoms with van der Waals surface area (Å²) in [5.41, 5.74) is 13.9. The number of aryl methyl sites for hydroxylation is 1. The Balaban J connectivity index is 1.46. The summed E-state index contributed by atoms with van der Waals surface area (Å²) in [7, 11) is 0. The van der Waals surface area contributed by atoms with E-state index in [2.05, 4.69) is 78.6 Å². The molecule has 0 radical (unpaired) electrons. The maximum Gasteiger partial charge on any atom is 0.122 e. The summed E-state index contributed by atoms with van der Waals surface area (Å²) in [5.74, 6) is 0.989. The zero-order valence-electron chi connectivity index (χ0n) is 19.9. The summed E-state index contributed by atoms with van der Waals surface area (Å²) in [6.07, 6.45) is 7.89. The minimum Gasteiger partial charge on any atom is -0.489 e. The molecular formula is C30H36N2O. The van der Waals surface area contributed by atoms with Crippen LogP contribution in [0.25, 0.3) is 11.1 Å². The quantitative estimate of drug-likeness (QED) is 0.443. The van der Waals surface area contributed by atoms with Crippen LogP contribution in [0.15, 0.2) is 66.7 Å². The minimum absolute atomic E-state index is 0.548. The molecule has 0 aromatic heterocycles. The average molecular weight is 441 g/mol. The van der Waals surface area contributed by atoms with E-state index in [4.69, 9.17) is 10.5 Å². The van der Waals surface area contributed by atoms with Gasteiger partial charge >= 0.3 is 0 Å². The molecule has 3 nitrogen and oxygen atoms in total. The van der Waals surface area contributed by atoms with Crippen LogP contribution < -0.4 is 15.4 Å². The van der Waals surface area contributed by atoms with E-state index in [0.29, 0.717) is 18.6 Å². The van der Waals surface area contributed by atoms with Gasteiger partial charge in [-0.1, -0.05) is 56.2 Å². The number of hydrogen-bond donors (Lipinski definition) is 1. The van der Waals surface area contributed by atoms with Crippen LogP contribution in [0.5, 0.6) is 5.75 Å². The van der Waals surface area contributed by atoms with Gasteiger partial charge in [-0.25, -0.2) is 0 Å². The van der Waals surface area contributed by atoms with Crippen molar-refractivity contribution in [3.63, 3.8) is 0 Å². The lowest BCUT2D eigenvalue weighted by molar-refractivity contribution is 0.303. The van der Waals surface area contributed by atoms with Crippen LogP contribution in [0, 0.1) is 5.41 Å². The third-order valence-corrected chi connectivity index (χ3v) is 7.69. The van der Waals surface area contributed by atoms with Gasteiger partial charge in [0, 0.05) is 25.3 Å². The fraction of sp³-hybridized carbons (Fsp3) is 0.400. The molecule has 172 valence electrons. The summed E-state index contributed by atoms with van der Waals surface area (Å²) in [4.78, 5) is 2.62. The van der Waals surface area contributed by atoms with Gasteiger partial charge in [0.05, 0.1) is 0 Å². The predicted octanol–water partition coefficient (Wildman–Crippen LogP) is 6.72. The molecule has 3 heteroatoms. The van der Waals surface area contributed by atoms with Crippen LogP contribution >= 0.6 is 0 Å². The van der Waals surface area contributed by atoms with Crippen molar-refractivity contribution in [2.75, 3.05) is 18.0 Å². The number of rotatable bonds is 7. The molecule has 1 heterocycles. The van der Waals surface area contributed by atoms with Crippen molar-refractivity contribution < 1.29 is 4.74 Å². The first-order valence-corrected chi connectivity index (χ1v) is 12.6. The third kappa shape index (κ3) is 4.79. The lowest BCUT2D eigenvalue weighted by atomic mass is 9.86. The molecule has 0 amide bonds. The molecule has 3 aromatic rings. The highest BCUT2D eigenvalue weighted by Gasteiger charge is 2.40. The number of para-hydroxylation sites is 1. The van der Waals surface area contributed by atoms with E-state index in [-0.39, 0.29) is 0 Å². The summed E-state index contributed by atoms with van der Waals surface area (Å²) in [5, 5.41) is 0. The monoisotopic (exact) mass is 440 g/mol. The van der Waals surface area contributed by atoms with E-state index in [9.17, 15) is 0 Å². The molecule has 2 aliphatic rings. The van der Waals surface area contributed by atoms with Gasteiger partial charge in [0.1, 0.15) is 12.4 Å². The van der Waals surface area contributed by atoms with Gasteiger partial charge in [-0.2, -0.15) is 0 Å². The number of nitrogens with two attached hydrogens (primary N) is 1. The molecule has 2 fully saturated rings. The Morgan fingerprint density at radius 2 is 1.70 bits per heavy atom. The molecule has 33 heavy (non-hydrogen) atoms. The molecule has 1 spiro atoms. The van der Waals surface area contributed by atoms with Crippen molar-refractivity contribution in [1.29, 1.82) is 0 Å². The Bertz CT molecular complexity index is 1100. The topological polar surface area (TPSA) is 38.5 Å². The lowest BCUT2D eigenvalue weighted by Gasteiger charge is -2.25. The van der Waals surface area contributed by atoms with Crippen LogP contribution in [0.3, 0.4) is 0 Å². The normalized spacial score (nSPS) is 17.1. The number of nitrogens with zero attached hydrogens (tertiary/aromatic N) is 1. The average Bonchev–Trinajstić information content (AvgIpc) is 3.52. The van der Waals surface area contributed by atoms with E-state index in [1.54, 1.807) is 0 Å². The molecule has 1 aliphatic carbocycles. The third-order valence-electron chi connectivity index (χ3n) is 7.69. The smallest absolute Gasteiger partial charge is 0.122 e. The van der Waals surface area contributed by atoms with E-state index in [1.165, 1.54) is 72.2 Å². The van der Waals surface area contributed by atoms with Crippen LogP contribution in [-0.2, 0) is 19.6 Å². The van der Waals surface area contributed by atoms with E-state index in [0.717, 1.165) is 18.7 Å². The van der Waals surface area contributed by atoms with Crippen molar-refractivity contribution in [1.82, 2.24) is 0 Å². The summed E-state index contributed by atoms with van der Waals surface area (Å²) in [6, 6.07) is 24.0. The second kappa shape index (κ2) is 9.61. The van der Waals surface area contributed by atoms with Crippen molar-refractivity contribution in [2.45, 2.75) is 58.6 Å². The Morgan fingerprint density at radius 3 is 2.52 bits per heavy atom. The Hall–Kier alpha value is -2.78. The number of hydrogen-bond acceptors (Lipinski definition) is 3. The zero-order chi connectivity index (χ0) is 22.7. The fourth-order valence-electron chi connectivity index (χ4n) is 5.77. The van der Waals surface area contributed by atoms with Crippen LogP contribution in [-0.4, -0.2) is 13.1 Å². The molecule has 1 saturated heterocycles. The van der Waals surface area contributed by atoms with Crippen LogP contribution in [0.2, 0.25) is 0 Å². The van der Waals surface area contributed by atoms with Gasteiger partial charge in [-0.3, -0.25) is 0 Å². The van der Waals surface area contributed by atoms with E-state index >= 15 is 0 Å². The molecule has 5 rings (SSSR count). The highest BCUT2D eigenvalue weighted by molar-refractivity contribution is 5.70. The standard InChI is InChI=1S/C30H36N2O/c1-2-25-9-3-4-11-29(25)33-21-24-17-27(26-10-7-8-23(16-26)20-31)19-28(18-24)32-15-14-30(22-32)12-5-6-13-30/h3-4,7-11,16-19H,2,5-6,12-15,20-22,31H2,1H3. The van der Waals surface area contributed by atoms with Crippen molar-refractivity contribution in [3.05, 3.63) is 83.4 Å². The van der Waals surface area contributed by atoms with Crippen LogP contribution in [0.4, 0.5) is 5.69 Å². The largest absolute Gasteiger partial charge is 0.489 e. The van der Waals surface area contributed by atoms with Crippen LogP contribution in [0.1, 0.15) is 55.7 Å². The summed E-state index contributed by atoms with van der Waals surface area (Å²) in [6.45, 7) is 5.67. The molecule has 0 bridgehead atoms. The van der Waals surface area contributed by atoms with Gasteiger partial charge in [0.2, 0.25) is 0 Å². The highest BCUT2D eigenvalue weighted by Crippen LogP contribution is 2.46. The van der Waals surface area contributed by atoms with E-state index in [1.807, 2.05) is 0 Å². The Kier molecular flexibility index (Phi) is 6.41. The molecule has 2 N–H and O–H groups in total. The van der Waals surface area contributed by atoms with Crippen molar-refractivity contribution in [2.24, 2.45) is 11.1 Å². The highest BCUT2D eigenvalue weighted by atomic mass is 16.5. The van der Waals surface area contributed by atoms with Gasteiger partial charge in [-0.15, -0.1) is 0 Å². The zero-order valence-corrected chi connectivity index (χ0v) is 19.9. The number of anilines is 1. The predicted molar refractivity (Wildman–Crippen MR) is 138 cm³/mol. The molecule has 1 saturated carbocycles. The summed E-state index contributed by atoms with van der Waals surface area (Å²) < 4.78 is 6.32. The number of benzene rings is 3. The molecule has 0 atom stereocenters. The first-order chi connectivity index (χ1) is 16.2.